The fraction of sp³-hybridized carbons (Fsp3) is 0.167. The van der Waals surface area contributed by atoms with Gasteiger partial charge < -0.3 is 9.32 Å². The fourth-order valence-corrected chi connectivity index (χ4v) is 4.83. The van der Waals surface area contributed by atoms with Gasteiger partial charge in [-0.25, -0.2) is 0 Å². The molecule has 0 bridgehead atoms. The summed E-state index contributed by atoms with van der Waals surface area (Å²) in [5, 5.41) is 10.8. The number of carbonyl (C=O) groups is 1. The molecule has 2 heterocycles. The van der Waals surface area contributed by atoms with Crippen LogP contribution < -0.4 is 9.80 Å². The molecule has 2 aromatic carbocycles. The predicted molar refractivity (Wildman–Crippen MR) is 136 cm³/mol. The highest BCUT2D eigenvalue weighted by atomic mass is 32.2. The van der Waals surface area contributed by atoms with Crippen molar-refractivity contribution in [3.05, 3.63) is 81.4 Å². The van der Waals surface area contributed by atoms with Crippen molar-refractivity contribution in [1.29, 1.82) is 0 Å². The minimum atomic E-state index is -0.448. The monoisotopic (exact) mass is 479 g/mol. The zero-order valence-electron chi connectivity index (χ0n) is 18.1. The van der Waals surface area contributed by atoms with E-state index in [1.165, 1.54) is 28.8 Å². The molecule has 0 atom stereocenters. The van der Waals surface area contributed by atoms with Gasteiger partial charge in [-0.15, -0.1) is 0 Å². The number of rotatable bonds is 7. The second-order valence-corrected chi connectivity index (χ2v) is 8.89. The summed E-state index contributed by atoms with van der Waals surface area (Å²) in [5.74, 6) is 0.855. The molecule has 1 aliphatic heterocycles. The molecule has 0 spiro atoms. The zero-order valence-corrected chi connectivity index (χ0v) is 19.7. The van der Waals surface area contributed by atoms with Crippen LogP contribution in [0.2, 0.25) is 0 Å². The second kappa shape index (κ2) is 9.60. The first-order chi connectivity index (χ1) is 15.9. The smallest absolute Gasteiger partial charge is 0.270 e. The normalized spacial score (nSPS) is 14.8. The summed E-state index contributed by atoms with van der Waals surface area (Å²) in [6, 6.07) is 17.4. The van der Waals surface area contributed by atoms with Crippen LogP contribution in [0.5, 0.6) is 0 Å². The van der Waals surface area contributed by atoms with Crippen molar-refractivity contribution < 1.29 is 14.1 Å². The summed E-state index contributed by atoms with van der Waals surface area (Å²) in [6.45, 7) is 6.02. The lowest BCUT2D eigenvalue weighted by atomic mass is 10.1. The Morgan fingerprint density at radius 3 is 2.33 bits per heavy atom. The largest absolute Gasteiger partial charge is 0.457 e. The van der Waals surface area contributed by atoms with E-state index in [2.05, 4.69) is 18.7 Å². The van der Waals surface area contributed by atoms with Crippen molar-refractivity contribution >= 4 is 57.3 Å². The number of thiocarbonyl (C=S) groups is 1. The highest BCUT2D eigenvalue weighted by Crippen LogP contribution is 2.37. The number of nitro groups is 1. The van der Waals surface area contributed by atoms with Crippen LogP contribution in [0.15, 0.2) is 70.0 Å². The standard InChI is InChI=1S/C24H21N3O4S2/c1-3-25(4-2)17-9-11-18(12-10-17)26-23(28)22(33-24(26)32)15-20-13-14-21(31-20)16-5-7-19(8-6-16)27(29)30/h5-15H,3-4H2,1-2H3. The Balaban J connectivity index is 1.53. The van der Waals surface area contributed by atoms with E-state index in [1.54, 1.807) is 30.3 Å². The molecule has 1 aromatic heterocycles. The molecule has 3 aromatic rings. The minimum Gasteiger partial charge on any atom is -0.457 e. The van der Waals surface area contributed by atoms with Crippen molar-refractivity contribution in [3.8, 4) is 11.3 Å². The van der Waals surface area contributed by atoms with E-state index in [-0.39, 0.29) is 11.6 Å². The number of carbonyl (C=O) groups excluding carboxylic acids is 1. The number of hydrogen-bond acceptors (Lipinski definition) is 7. The average Bonchev–Trinajstić information content (AvgIpc) is 3.39. The van der Waals surface area contributed by atoms with Crippen LogP contribution in [0.3, 0.4) is 0 Å². The molecule has 0 aliphatic carbocycles. The van der Waals surface area contributed by atoms with Gasteiger partial charge in [-0.2, -0.15) is 0 Å². The van der Waals surface area contributed by atoms with Crippen LogP contribution in [0.25, 0.3) is 17.4 Å². The Morgan fingerprint density at radius 2 is 1.73 bits per heavy atom. The first-order valence-electron chi connectivity index (χ1n) is 10.4. The van der Waals surface area contributed by atoms with Gasteiger partial charge in [0.15, 0.2) is 4.32 Å². The summed E-state index contributed by atoms with van der Waals surface area (Å²) in [7, 11) is 0. The number of anilines is 2. The lowest BCUT2D eigenvalue weighted by Crippen LogP contribution is -2.27. The SMILES string of the molecule is CCN(CC)c1ccc(N2C(=O)C(=Cc3ccc(-c4ccc([N+](=O)[O-])cc4)o3)SC2=S)cc1. The maximum absolute atomic E-state index is 13.1. The van der Waals surface area contributed by atoms with Gasteiger partial charge >= 0.3 is 0 Å². The minimum absolute atomic E-state index is 0.0133. The molecular weight excluding hydrogens is 458 g/mol. The van der Waals surface area contributed by atoms with Crippen LogP contribution in [0.1, 0.15) is 19.6 Å². The molecule has 0 saturated carbocycles. The molecule has 0 N–H and O–H groups in total. The third kappa shape index (κ3) is 4.69. The molecule has 9 heteroatoms. The first kappa shape index (κ1) is 22.8. The van der Waals surface area contributed by atoms with Crippen molar-refractivity contribution in [3.63, 3.8) is 0 Å². The van der Waals surface area contributed by atoms with Gasteiger partial charge in [0.2, 0.25) is 0 Å². The van der Waals surface area contributed by atoms with E-state index in [0.717, 1.165) is 24.5 Å². The Hall–Kier alpha value is -3.43. The molecule has 7 nitrogen and oxygen atoms in total. The molecule has 4 rings (SSSR count). The number of thioether (sulfide) groups is 1. The molecule has 1 aliphatic rings. The molecule has 0 unspecified atom stereocenters. The van der Waals surface area contributed by atoms with Gasteiger partial charge in [0, 0.05) is 42.5 Å². The van der Waals surface area contributed by atoms with E-state index in [0.29, 0.717) is 26.3 Å². The topological polar surface area (TPSA) is 79.8 Å². The Morgan fingerprint density at radius 1 is 1.06 bits per heavy atom. The molecule has 1 saturated heterocycles. The predicted octanol–water partition coefficient (Wildman–Crippen LogP) is 6.11. The van der Waals surface area contributed by atoms with E-state index >= 15 is 0 Å². The first-order valence-corrected chi connectivity index (χ1v) is 11.6. The fourth-order valence-electron chi connectivity index (χ4n) is 3.55. The second-order valence-electron chi connectivity index (χ2n) is 7.21. The quantitative estimate of drug-likeness (QED) is 0.175. The third-order valence-corrected chi connectivity index (χ3v) is 6.60. The molecular formula is C24H21N3O4S2. The summed E-state index contributed by atoms with van der Waals surface area (Å²) < 4.78 is 6.31. The number of hydrogen-bond donors (Lipinski definition) is 0. The summed E-state index contributed by atoms with van der Waals surface area (Å²) in [5.41, 5.74) is 2.54. The molecule has 33 heavy (non-hydrogen) atoms. The molecule has 1 amide bonds. The van der Waals surface area contributed by atoms with Crippen LogP contribution in [0, 0.1) is 10.1 Å². The van der Waals surface area contributed by atoms with Gasteiger partial charge in [-0.1, -0.05) is 24.0 Å². The van der Waals surface area contributed by atoms with E-state index in [1.807, 2.05) is 24.3 Å². The Labute approximate surface area is 200 Å². The van der Waals surface area contributed by atoms with Gasteiger partial charge in [0.25, 0.3) is 11.6 Å². The highest BCUT2D eigenvalue weighted by molar-refractivity contribution is 8.27. The number of furan rings is 1. The van der Waals surface area contributed by atoms with Crippen molar-refractivity contribution in [1.82, 2.24) is 0 Å². The molecule has 1 fully saturated rings. The van der Waals surface area contributed by atoms with E-state index in [4.69, 9.17) is 16.6 Å². The average molecular weight is 480 g/mol. The number of non-ortho nitro benzene ring substituents is 1. The van der Waals surface area contributed by atoms with Crippen molar-refractivity contribution in [2.75, 3.05) is 22.9 Å². The molecule has 0 radical (unpaired) electrons. The number of amides is 1. The van der Waals surface area contributed by atoms with Crippen LogP contribution in [-0.2, 0) is 4.79 Å². The lowest BCUT2D eigenvalue weighted by Gasteiger charge is -2.22. The Kier molecular flexibility index (Phi) is 6.62. The maximum Gasteiger partial charge on any atom is 0.270 e. The van der Waals surface area contributed by atoms with Gasteiger partial charge in [0.05, 0.1) is 15.5 Å². The van der Waals surface area contributed by atoms with Crippen molar-refractivity contribution in [2.24, 2.45) is 0 Å². The van der Waals surface area contributed by atoms with Gasteiger partial charge in [0.1, 0.15) is 11.5 Å². The van der Waals surface area contributed by atoms with Crippen LogP contribution in [0.4, 0.5) is 17.1 Å². The van der Waals surface area contributed by atoms with E-state index in [9.17, 15) is 14.9 Å². The summed E-state index contributed by atoms with van der Waals surface area (Å²) >= 11 is 6.69. The van der Waals surface area contributed by atoms with Crippen LogP contribution in [-0.4, -0.2) is 28.2 Å². The number of benzene rings is 2. The van der Waals surface area contributed by atoms with E-state index < -0.39 is 4.92 Å². The summed E-state index contributed by atoms with van der Waals surface area (Å²) in [4.78, 5) is 27.7. The highest BCUT2D eigenvalue weighted by Gasteiger charge is 2.33. The Bertz CT molecular complexity index is 1230. The summed E-state index contributed by atoms with van der Waals surface area (Å²) in [6.07, 6.45) is 1.67. The zero-order chi connectivity index (χ0) is 23.5. The van der Waals surface area contributed by atoms with Crippen LogP contribution >= 0.6 is 24.0 Å². The number of nitrogens with zero attached hydrogens (tertiary/aromatic N) is 3. The number of nitro benzene ring substituents is 1. The molecule has 168 valence electrons. The van der Waals surface area contributed by atoms with Gasteiger partial charge in [-0.05, 0) is 62.4 Å². The van der Waals surface area contributed by atoms with Gasteiger partial charge in [-0.3, -0.25) is 19.8 Å². The third-order valence-electron chi connectivity index (χ3n) is 5.29. The lowest BCUT2D eigenvalue weighted by molar-refractivity contribution is -0.384. The maximum atomic E-state index is 13.1. The van der Waals surface area contributed by atoms with Crippen molar-refractivity contribution in [2.45, 2.75) is 13.8 Å².